The molecule has 4 N–H and O–H groups in total. The van der Waals surface area contributed by atoms with Gasteiger partial charge in [0.1, 0.15) is 5.52 Å². The minimum absolute atomic E-state index is 0.0428. The summed E-state index contributed by atoms with van der Waals surface area (Å²) in [7, 11) is 0. The molecule has 0 aromatic carbocycles. The lowest BCUT2D eigenvalue weighted by atomic mass is 9.75. The highest BCUT2D eigenvalue weighted by Crippen LogP contribution is 2.34. The molecule has 6 heteroatoms. The third-order valence-electron chi connectivity index (χ3n) is 4.30. The molecule has 0 amide bonds. The molecule has 0 saturated heterocycles. The normalized spacial score (nSPS) is 12.6. The van der Waals surface area contributed by atoms with Crippen molar-refractivity contribution in [1.29, 1.82) is 0 Å². The number of fused-ring (bicyclic) bond motifs is 1. The first-order chi connectivity index (χ1) is 9.40. The van der Waals surface area contributed by atoms with Gasteiger partial charge in [0, 0.05) is 5.54 Å². The van der Waals surface area contributed by atoms with Crippen LogP contribution >= 0.6 is 0 Å². The molecule has 110 valence electrons. The smallest absolute Gasteiger partial charge is 0.224 e. The van der Waals surface area contributed by atoms with Crippen molar-refractivity contribution in [1.82, 2.24) is 19.9 Å². The van der Waals surface area contributed by atoms with Crippen molar-refractivity contribution in [3.8, 4) is 0 Å². The summed E-state index contributed by atoms with van der Waals surface area (Å²) in [5.74, 6) is 1.89. The molecule has 2 aromatic rings. The number of hydrogen-bond donors (Lipinski definition) is 3. The Kier molecular flexibility index (Phi) is 3.83. The van der Waals surface area contributed by atoms with Gasteiger partial charge in [-0.1, -0.05) is 34.6 Å². The number of aromatic amines is 1. The molecule has 0 fully saturated rings. The maximum Gasteiger partial charge on any atom is 0.224 e. The van der Waals surface area contributed by atoms with E-state index in [1.54, 1.807) is 6.33 Å². The van der Waals surface area contributed by atoms with Crippen LogP contribution in [-0.4, -0.2) is 25.5 Å². The fourth-order valence-electron chi connectivity index (χ4n) is 3.02. The lowest BCUT2D eigenvalue weighted by molar-refractivity contribution is 0.243. The fraction of sp³-hybridized carbons (Fsp3) is 0.643. The molecular weight excluding hydrogens is 252 g/mol. The van der Waals surface area contributed by atoms with Gasteiger partial charge in [0.2, 0.25) is 5.95 Å². The molecule has 6 nitrogen and oxygen atoms in total. The summed E-state index contributed by atoms with van der Waals surface area (Å²) in [6.45, 7) is 11.1. The van der Waals surface area contributed by atoms with Gasteiger partial charge in [-0.2, -0.15) is 9.97 Å². The summed E-state index contributed by atoms with van der Waals surface area (Å²) in [6, 6.07) is 0. The van der Waals surface area contributed by atoms with Crippen molar-refractivity contribution in [3.63, 3.8) is 0 Å². The lowest BCUT2D eigenvalue weighted by Gasteiger charge is -2.42. The molecule has 0 unspecified atom stereocenters. The van der Waals surface area contributed by atoms with E-state index in [1.807, 2.05) is 0 Å². The minimum Gasteiger partial charge on any atom is -0.368 e. The largest absolute Gasteiger partial charge is 0.368 e. The first-order valence-electron chi connectivity index (χ1n) is 7.15. The highest BCUT2D eigenvalue weighted by atomic mass is 15.2. The van der Waals surface area contributed by atoms with Gasteiger partial charge >= 0.3 is 0 Å². The van der Waals surface area contributed by atoms with Crippen LogP contribution in [0, 0.1) is 11.8 Å². The predicted octanol–water partition coefficient (Wildman–Crippen LogP) is 2.81. The van der Waals surface area contributed by atoms with E-state index >= 15 is 0 Å². The molecule has 2 rings (SSSR count). The Bertz CT molecular complexity index is 578. The van der Waals surface area contributed by atoms with E-state index in [0.29, 0.717) is 17.5 Å². The number of hydrogen-bond acceptors (Lipinski definition) is 5. The Morgan fingerprint density at radius 3 is 2.45 bits per heavy atom. The summed E-state index contributed by atoms with van der Waals surface area (Å²) in [5.41, 5.74) is 7.14. The highest BCUT2D eigenvalue weighted by Gasteiger charge is 2.36. The first-order valence-corrected chi connectivity index (χ1v) is 7.15. The zero-order chi connectivity index (χ0) is 14.9. The van der Waals surface area contributed by atoms with Gasteiger partial charge in [-0.3, -0.25) is 0 Å². The molecule has 0 aliphatic rings. The van der Waals surface area contributed by atoms with Gasteiger partial charge in [0.25, 0.3) is 0 Å². The fourth-order valence-corrected chi connectivity index (χ4v) is 3.02. The van der Waals surface area contributed by atoms with Crippen molar-refractivity contribution in [2.75, 3.05) is 11.1 Å². The Morgan fingerprint density at radius 1 is 1.25 bits per heavy atom. The number of nitrogen functional groups attached to an aromatic ring is 1. The number of nitrogens with two attached hydrogens (primary N) is 1. The van der Waals surface area contributed by atoms with Crippen molar-refractivity contribution in [2.24, 2.45) is 11.8 Å². The molecule has 0 saturated carbocycles. The molecule has 0 atom stereocenters. The zero-order valence-corrected chi connectivity index (χ0v) is 12.9. The second kappa shape index (κ2) is 5.26. The van der Waals surface area contributed by atoms with Gasteiger partial charge in [-0.15, -0.1) is 0 Å². The van der Waals surface area contributed by atoms with Crippen LogP contribution in [-0.2, 0) is 0 Å². The Morgan fingerprint density at radius 2 is 1.90 bits per heavy atom. The minimum atomic E-state index is -0.0428. The van der Waals surface area contributed by atoms with E-state index in [2.05, 4.69) is 59.9 Å². The Hall–Kier alpha value is -1.85. The summed E-state index contributed by atoms with van der Waals surface area (Å²) in [6.07, 6.45) is 2.62. The second-order valence-electron chi connectivity index (χ2n) is 5.86. The molecule has 0 aliphatic carbocycles. The van der Waals surface area contributed by atoms with Gasteiger partial charge in [0.15, 0.2) is 11.5 Å². The first kappa shape index (κ1) is 14.6. The number of H-pyrrole nitrogens is 1. The molecule has 0 bridgehead atoms. The Balaban J connectivity index is 2.51. The number of nitrogens with zero attached hydrogens (tertiary/aromatic N) is 3. The summed E-state index contributed by atoms with van der Waals surface area (Å²) < 4.78 is 0. The number of anilines is 2. The molecule has 2 heterocycles. The second-order valence-corrected chi connectivity index (χ2v) is 5.86. The molecule has 2 aromatic heterocycles. The molecule has 0 radical (unpaired) electrons. The van der Waals surface area contributed by atoms with Gasteiger partial charge < -0.3 is 16.0 Å². The van der Waals surface area contributed by atoms with Crippen LogP contribution in [0.15, 0.2) is 6.33 Å². The number of nitrogens with one attached hydrogen (secondary N) is 2. The van der Waals surface area contributed by atoms with Crippen molar-refractivity contribution >= 4 is 22.9 Å². The molecular formula is C14H24N6. The van der Waals surface area contributed by atoms with Crippen LogP contribution in [0.1, 0.15) is 41.0 Å². The van der Waals surface area contributed by atoms with Gasteiger partial charge in [-0.05, 0) is 18.3 Å². The van der Waals surface area contributed by atoms with Crippen LogP contribution in [0.4, 0.5) is 11.8 Å². The summed E-state index contributed by atoms with van der Waals surface area (Å²) in [4.78, 5) is 15.7. The molecule has 0 aliphatic heterocycles. The standard InChI is InChI=1S/C14H24N6/c1-6-14(8(2)3,9(4)5)20-12-10-11(17-7-16-10)18-13(15)19-12/h7-9H,6H2,1-5H3,(H4,15,16,17,18,19,20). The SMILES string of the molecule is CCC(Nc1nc(N)nc2nc[nH]c12)(C(C)C)C(C)C. The third kappa shape index (κ3) is 2.30. The number of rotatable bonds is 5. The zero-order valence-electron chi connectivity index (χ0n) is 12.9. The lowest BCUT2D eigenvalue weighted by Crippen LogP contribution is -2.48. The average Bonchev–Trinajstić information content (AvgIpc) is 2.82. The van der Waals surface area contributed by atoms with Crippen LogP contribution in [0.25, 0.3) is 11.2 Å². The quantitative estimate of drug-likeness (QED) is 0.781. The van der Waals surface area contributed by atoms with Gasteiger partial charge in [0.05, 0.1) is 6.33 Å². The maximum absolute atomic E-state index is 5.78. The van der Waals surface area contributed by atoms with Crippen molar-refractivity contribution in [2.45, 2.75) is 46.6 Å². The van der Waals surface area contributed by atoms with E-state index < -0.39 is 0 Å². The molecule has 20 heavy (non-hydrogen) atoms. The molecule has 0 spiro atoms. The monoisotopic (exact) mass is 276 g/mol. The van der Waals surface area contributed by atoms with Crippen LogP contribution in [0.2, 0.25) is 0 Å². The topological polar surface area (TPSA) is 92.5 Å². The van der Waals surface area contributed by atoms with E-state index in [1.165, 1.54) is 0 Å². The van der Waals surface area contributed by atoms with Crippen molar-refractivity contribution in [3.05, 3.63) is 6.33 Å². The van der Waals surface area contributed by atoms with Gasteiger partial charge in [-0.25, -0.2) is 4.98 Å². The average molecular weight is 276 g/mol. The van der Waals surface area contributed by atoms with E-state index in [9.17, 15) is 0 Å². The summed E-state index contributed by atoms with van der Waals surface area (Å²) in [5, 5.41) is 3.61. The third-order valence-corrected chi connectivity index (χ3v) is 4.30. The number of aromatic nitrogens is 4. The Labute approximate surface area is 119 Å². The van der Waals surface area contributed by atoms with Crippen molar-refractivity contribution < 1.29 is 0 Å². The van der Waals surface area contributed by atoms with Crippen LogP contribution in [0.3, 0.4) is 0 Å². The summed E-state index contributed by atoms with van der Waals surface area (Å²) >= 11 is 0. The maximum atomic E-state index is 5.78. The predicted molar refractivity (Wildman–Crippen MR) is 82.4 cm³/mol. The van der Waals surface area contributed by atoms with E-state index in [4.69, 9.17) is 5.73 Å². The van der Waals surface area contributed by atoms with E-state index in [0.717, 1.165) is 17.8 Å². The van der Waals surface area contributed by atoms with Crippen LogP contribution < -0.4 is 11.1 Å². The van der Waals surface area contributed by atoms with E-state index in [-0.39, 0.29) is 11.5 Å². The van der Waals surface area contributed by atoms with Crippen LogP contribution in [0.5, 0.6) is 0 Å². The highest BCUT2D eigenvalue weighted by molar-refractivity contribution is 5.83. The number of imidazole rings is 1.